The molecule has 6 heteroatoms. The second-order valence-corrected chi connectivity index (χ2v) is 6.63. The van der Waals surface area contributed by atoms with Gasteiger partial charge < -0.3 is 10.2 Å². The van der Waals surface area contributed by atoms with E-state index in [4.69, 9.17) is 5.14 Å². The number of benzene rings is 1. The molecule has 3 N–H and O–H groups in total. The molecule has 0 aromatic heterocycles. The van der Waals surface area contributed by atoms with Gasteiger partial charge in [0.05, 0.1) is 5.75 Å². The molecule has 1 aliphatic heterocycles. The first-order chi connectivity index (χ1) is 9.01. The fraction of sp³-hybridized carbons (Fsp3) is 0.538. The molecule has 2 rings (SSSR count). The van der Waals surface area contributed by atoms with Gasteiger partial charge in [-0.25, -0.2) is 13.6 Å². The third-order valence-electron chi connectivity index (χ3n) is 3.57. The van der Waals surface area contributed by atoms with E-state index in [1.807, 2.05) is 25.2 Å². The lowest BCUT2D eigenvalue weighted by atomic mass is 10.0. The minimum Gasteiger partial charge on any atom is -0.370 e. The Balaban J connectivity index is 2.25. The molecule has 1 atom stereocenters. The Labute approximate surface area is 114 Å². The van der Waals surface area contributed by atoms with E-state index in [1.54, 1.807) is 0 Å². The molecule has 1 aromatic carbocycles. The lowest BCUT2D eigenvalue weighted by Gasteiger charge is -2.25. The monoisotopic (exact) mass is 283 g/mol. The molecular formula is C13H21N3O2S. The highest BCUT2D eigenvalue weighted by atomic mass is 32.2. The van der Waals surface area contributed by atoms with E-state index in [-0.39, 0.29) is 5.75 Å². The minimum absolute atomic E-state index is 0.00838. The third-order valence-corrected chi connectivity index (χ3v) is 4.32. The van der Waals surface area contributed by atoms with Gasteiger partial charge in [0, 0.05) is 24.8 Å². The molecule has 106 valence electrons. The lowest BCUT2D eigenvalue weighted by molar-refractivity contribution is 0.542. The second kappa shape index (κ2) is 5.90. The van der Waals surface area contributed by atoms with Crippen molar-refractivity contribution in [3.63, 3.8) is 0 Å². The number of anilines is 1. The van der Waals surface area contributed by atoms with Crippen LogP contribution in [0.25, 0.3) is 0 Å². The molecule has 0 spiro atoms. The van der Waals surface area contributed by atoms with E-state index in [1.165, 1.54) is 5.56 Å². The Morgan fingerprint density at radius 1 is 1.42 bits per heavy atom. The molecule has 0 bridgehead atoms. The molecule has 0 saturated carbocycles. The van der Waals surface area contributed by atoms with Gasteiger partial charge in [-0.15, -0.1) is 0 Å². The zero-order valence-corrected chi connectivity index (χ0v) is 12.0. The number of nitrogens with two attached hydrogens (primary N) is 1. The highest BCUT2D eigenvalue weighted by molar-refractivity contribution is 7.89. The van der Waals surface area contributed by atoms with Gasteiger partial charge in [-0.2, -0.15) is 0 Å². The summed E-state index contributed by atoms with van der Waals surface area (Å²) in [6, 6.07) is 8.49. The maximum atomic E-state index is 11.1. The van der Waals surface area contributed by atoms with Crippen molar-refractivity contribution in [3.05, 3.63) is 29.8 Å². The number of primary sulfonamides is 1. The van der Waals surface area contributed by atoms with Crippen LogP contribution in [0.15, 0.2) is 24.3 Å². The molecular weight excluding hydrogens is 262 g/mol. The van der Waals surface area contributed by atoms with Crippen molar-refractivity contribution in [2.24, 2.45) is 5.14 Å². The van der Waals surface area contributed by atoms with Crippen molar-refractivity contribution < 1.29 is 8.42 Å². The topological polar surface area (TPSA) is 75.4 Å². The summed E-state index contributed by atoms with van der Waals surface area (Å²) < 4.78 is 22.3. The molecule has 1 heterocycles. The maximum absolute atomic E-state index is 11.1. The number of nitrogens with one attached hydrogen (secondary N) is 1. The number of para-hydroxylation sites is 1. The van der Waals surface area contributed by atoms with E-state index in [0.717, 1.165) is 25.1 Å². The van der Waals surface area contributed by atoms with Crippen LogP contribution < -0.4 is 15.4 Å². The summed E-state index contributed by atoms with van der Waals surface area (Å²) >= 11 is 0. The van der Waals surface area contributed by atoms with Gasteiger partial charge in [0.1, 0.15) is 0 Å². The predicted octanol–water partition coefficient (Wildman–Crippen LogP) is 0.836. The molecule has 5 nitrogen and oxygen atoms in total. The lowest BCUT2D eigenvalue weighted by Crippen LogP contribution is -2.32. The Kier molecular flexibility index (Phi) is 4.44. The number of nitrogens with zero attached hydrogens (tertiary/aromatic N) is 1. The van der Waals surface area contributed by atoms with Crippen molar-refractivity contribution in [1.29, 1.82) is 0 Å². The van der Waals surface area contributed by atoms with Crippen LogP contribution in [0.3, 0.4) is 0 Å². The van der Waals surface area contributed by atoms with Crippen LogP contribution in [0, 0.1) is 0 Å². The van der Waals surface area contributed by atoms with Gasteiger partial charge in [-0.1, -0.05) is 18.2 Å². The first-order valence-corrected chi connectivity index (χ1v) is 8.24. The fourth-order valence-electron chi connectivity index (χ4n) is 2.60. The second-order valence-electron chi connectivity index (χ2n) is 4.90. The van der Waals surface area contributed by atoms with Crippen LogP contribution >= 0.6 is 0 Å². The molecule has 0 aliphatic carbocycles. The predicted molar refractivity (Wildman–Crippen MR) is 77.7 cm³/mol. The number of fused-ring (bicyclic) bond motifs is 1. The Bertz CT molecular complexity index is 530. The quantitative estimate of drug-likeness (QED) is 0.858. The summed E-state index contributed by atoms with van der Waals surface area (Å²) in [5.74, 6) is -0.00838. The summed E-state index contributed by atoms with van der Waals surface area (Å²) in [6.45, 7) is 1.32. The van der Waals surface area contributed by atoms with Gasteiger partial charge >= 0.3 is 0 Å². The fourth-order valence-corrected chi connectivity index (χ4v) is 3.08. The Morgan fingerprint density at radius 3 is 2.84 bits per heavy atom. The summed E-state index contributed by atoms with van der Waals surface area (Å²) in [6.07, 6.45) is 2.09. The summed E-state index contributed by atoms with van der Waals surface area (Å²) in [5.41, 5.74) is 2.35. The highest BCUT2D eigenvalue weighted by Gasteiger charge is 2.21. The van der Waals surface area contributed by atoms with Crippen LogP contribution in [0.1, 0.15) is 24.4 Å². The van der Waals surface area contributed by atoms with E-state index in [0.29, 0.717) is 12.6 Å². The average Bonchev–Trinajstić information content (AvgIpc) is 2.54. The highest BCUT2D eigenvalue weighted by Crippen LogP contribution is 2.32. The van der Waals surface area contributed by atoms with Crippen LogP contribution in [0.2, 0.25) is 0 Å². The van der Waals surface area contributed by atoms with Gasteiger partial charge in [0.15, 0.2) is 0 Å². The largest absolute Gasteiger partial charge is 0.370 e. The summed E-state index contributed by atoms with van der Waals surface area (Å²) in [5, 5.41) is 8.42. The van der Waals surface area contributed by atoms with E-state index < -0.39 is 10.0 Å². The first-order valence-electron chi connectivity index (χ1n) is 6.53. The van der Waals surface area contributed by atoms with Crippen molar-refractivity contribution in [1.82, 2.24) is 5.32 Å². The molecule has 0 radical (unpaired) electrons. The average molecular weight is 283 g/mol. The summed E-state index contributed by atoms with van der Waals surface area (Å²) in [7, 11) is -1.45. The summed E-state index contributed by atoms with van der Waals surface area (Å²) in [4.78, 5) is 2.12. The molecule has 1 aromatic rings. The van der Waals surface area contributed by atoms with E-state index >= 15 is 0 Å². The smallest absolute Gasteiger partial charge is 0.210 e. The zero-order chi connectivity index (χ0) is 13.9. The van der Waals surface area contributed by atoms with Crippen molar-refractivity contribution in [2.45, 2.75) is 18.9 Å². The van der Waals surface area contributed by atoms with Gasteiger partial charge in [0.2, 0.25) is 10.0 Å². The standard InChI is InChI=1S/C13H21N3O2S/c1-15-12-6-4-8-16(9-10-19(14,17)18)13-7-3-2-5-11(12)13/h2-3,5,7,12,15H,4,6,8-10H2,1H3,(H2,14,17,18). The van der Waals surface area contributed by atoms with Crippen LogP contribution in [0.4, 0.5) is 5.69 Å². The van der Waals surface area contributed by atoms with Crippen molar-refractivity contribution in [3.8, 4) is 0 Å². The van der Waals surface area contributed by atoms with Crippen LogP contribution in [-0.4, -0.2) is 34.3 Å². The molecule has 1 aliphatic rings. The Morgan fingerprint density at radius 2 is 2.16 bits per heavy atom. The van der Waals surface area contributed by atoms with E-state index in [2.05, 4.69) is 16.3 Å². The number of sulfonamides is 1. The first kappa shape index (κ1) is 14.3. The van der Waals surface area contributed by atoms with E-state index in [9.17, 15) is 8.42 Å². The Hall–Kier alpha value is -1.11. The minimum atomic E-state index is -3.41. The van der Waals surface area contributed by atoms with Crippen LogP contribution in [-0.2, 0) is 10.0 Å². The number of rotatable bonds is 4. The normalized spacial score (nSPS) is 19.9. The van der Waals surface area contributed by atoms with Gasteiger partial charge in [-0.3, -0.25) is 0 Å². The van der Waals surface area contributed by atoms with Crippen molar-refractivity contribution in [2.75, 3.05) is 30.8 Å². The molecule has 0 saturated heterocycles. The number of hydrogen-bond acceptors (Lipinski definition) is 4. The molecule has 19 heavy (non-hydrogen) atoms. The molecule has 0 amide bonds. The molecule has 1 unspecified atom stereocenters. The molecule has 0 fully saturated rings. The van der Waals surface area contributed by atoms with Crippen molar-refractivity contribution >= 4 is 15.7 Å². The number of hydrogen-bond donors (Lipinski definition) is 2. The van der Waals surface area contributed by atoms with Gasteiger partial charge in [-0.05, 0) is 31.5 Å². The maximum Gasteiger partial charge on any atom is 0.210 e. The third kappa shape index (κ3) is 3.68. The SMILES string of the molecule is CNC1CCCN(CCS(N)(=O)=O)c2ccccc21. The van der Waals surface area contributed by atoms with Crippen LogP contribution in [0.5, 0.6) is 0 Å². The zero-order valence-electron chi connectivity index (χ0n) is 11.2. The van der Waals surface area contributed by atoms with Gasteiger partial charge in [0.25, 0.3) is 0 Å².